The lowest BCUT2D eigenvalue weighted by molar-refractivity contribution is -0.128. The summed E-state index contributed by atoms with van der Waals surface area (Å²) in [7, 11) is 0. The molecule has 6 rings (SSSR count). The molecule has 0 aliphatic carbocycles. The number of fused-ring (bicyclic) bond motifs is 3. The lowest BCUT2D eigenvalue weighted by Crippen LogP contribution is -2.33. The molecule has 0 bridgehead atoms. The number of aromatic amines is 1. The van der Waals surface area contributed by atoms with Crippen LogP contribution in [-0.4, -0.2) is 53.7 Å². The molecule has 2 aromatic carbocycles. The van der Waals surface area contributed by atoms with E-state index in [2.05, 4.69) is 40.3 Å². The Morgan fingerprint density at radius 2 is 2.00 bits per heavy atom. The third-order valence-electron chi connectivity index (χ3n) is 7.15. The van der Waals surface area contributed by atoms with Crippen molar-refractivity contribution in [3.8, 4) is 11.5 Å². The summed E-state index contributed by atoms with van der Waals surface area (Å²) in [6.45, 7) is 4.33. The van der Waals surface area contributed by atoms with E-state index in [0.717, 1.165) is 68.1 Å². The molecule has 1 atom stereocenters. The van der Waals surface area contributed by atoms with E-state index in [9.17, 15) is 4.79 Å². The van der Waals surface area contributed by atoms with Crippen LogP contribution >= 0.6 is 0 Å². The molecule has 1 unspecified atom stereocenters. The molecule has 6 nitrogen and oxygen atoms in total. The fourth-order valence-electron chi connectivity index (χ4n) is 5.36. The van der Waals surface area contributed by atoms with Crippen LogP contribution in [0.5, 0.6) is 11.5 Å². The SMILES string of the molecule is O=C1Cc2cc3c(cc2C=CN1CC1CCN(CCCc2c[nH]c4ccccc24)C1)OCO3. The van der Waals surface area contributed by atoms with Crippen LogP contribution in [0.25, 0.3) is 17.0 Å². The van der Waals surface area contributed by atoms with Crippen molar-refractivity contribution in [2.24, 2.45) is 5.92 Å². The van der Waals surface area contributed by atoms with E-state index in [4.69, 9.17) is 9.47 Å². The first-order valence-corrected chi connectivity index (χ1v) is 11.9. The Morgan fingerprint density at radius 1 is 1.12 bits per heavy atom. The molecule has 4 heterocycles. The fraction of sp³-hybridized carbons (Fsp3) is 0.370. The highest BCUT2D eigenvalue weighted by Gasteiger charge is 2.27. The number of amides is 1. The third-order valence-corrected chi connectivity index (χ3v) is 7.15. The maximum Gasteiger partial charge on any atom is 0.231 e. The number of aryl methyl sites for hydroxylation is 1. The van der Waals surface area contributed by atoms with Gasteiger partial charge in [0.2, 0.25) is 12.7 Å². The summed E-state index contributed by atoms with van der Waals surface area (Å²) >= 11 is 0. The highest BCUT2D eigenvalue weighted by atomic mass is 16.7. The first-order chi connectivity index (χ1) is 16.2. The number of carbonyl (C=O) groups excluding carboxylic acids is 1. The highest BCUT2D eigenvalue weighted by Crippen LogP contribution is 2.36. The number of benzene rings is 2. The van der Waals surface area contributed by atoms with Gasteiger partial charge in [0.25, 0.3) is 0 Å². The zero-order valence-electron chi connectivity index (χ0n) is 18.8. The molecular weight excluding hydrogens is 414 g/mol. The first kappa shape index (κ1) is 20.4. The standard InChI is InChI=1S/C27H29N3O3/c31-27-14-22-13-26-25(32-18-33-26)12-20(22)8-11-30(27)17-19-7-10-29(16-19)9-3-4-21-15-28-24-6-2-1-5-23(21)24/h1-2,5-6,8,11-13,15,19,28H,3-4,7,9-10,14,16-18H2. The number of aromatic nitrogens is 1. The van der Waals surface area contributed by atoms with Crippen LogP contribution in [0.4, 0.5) is 0 Å². The van der Waals surface area contributed by atoms with Gasteiger partial charge in [-0.2, -0.15) is 0 Å². The second kappa shape index (κ2) is 8.60. The molecule has 1 amide bonds. The Kier molecular flexibility index (Phi) is 5.30. The summed E-state index contributed by atoms with van der Waals surface area (Å²) in [6.07, 6.45) is 9.94. The van der Waals surface area contributed by atoms with E-state index in [1.807, 2.05) is 29.3 Å². The molecule has 1 fully saturated rings. The summed E-state index contributed by atoms with van der Waals surface area (Å²) in [4.78, 5) is 20.8. The number of ether oxygens (including phenoxy) is 2. The van der Waals surface area contributed by atoms with Crippen LogP contribution in [-0.2, 0) is 17.6 Å². The van der Waals surface area contributed by atoms with E-state index in [1.54, 1.807) is 0 Å². The zero-order valence-corrected chi connectivity index (χ0v) is 18.8. The average molecular weight is 444 g/mol. The van der Waals surface area contributed by atoms with Crippen molar-refractivity contribution in [1.82, 2.24) is 14.8 Å². The van der Waals surface area contributed by atoms with Crippen LogP contribution in [0.1, 0.15) is 29.5 Å². The van der Waals surface area contributed by atoms with Gasteiger partial charge in [-0.25, -0.2) is 0 Å². The van der Waals surface area contributed by atoms with Crippen LogP contribution in [0, 0.1) is 5.92 Å². The summed E-state index contributed by atoms with van der Waals surface area (Å²) < 4.78 is 11.0. The fourth-order valence-corrected chi connectivity index (χ4v) is 5.36. The van der Waals surface area contributed by atoms with Crippen molar-refractivity contribution in [2.75, 3.05) is 33.0 Å². The molecule has 1 N–H and O–H groups in total. The van der Waals surface area contributed by atoms with E-state index >= 15 is 0 Å². The number of likely N-dealkylation sites (tertiary alicyclic amines) is 1. The van der Waals surface area contributed by atoms with Crippen LogP contribution in [0.15, 0.2) is 48.8 Å². The Morgan fingerprint density at radius 3 is 2.94 bits per heavy atom. The van der Waals surface area contributed by atoms with Gasteiger partial charge in [-0.3, -0.25) is 4.79 Å². The van der Waals surface area contributed by atoms with Crippen LogP contribution in [0.3, 0.4) is 0 Å². The van der Waals surface area contributed by atoms with Crippen molar-refractivity contribution in [3.63, 3.8) is 0 Å². The Bertz CT molecular complexity index is 1210. The molecule has 3 aliphatic heterocycles. The maximum atomic E-state index is 12.9. The Balaban J connectivity index is 1.02. The zero-order chi connectivity index (χ0) is 22.2. The predicted octanol–water partition coefficient (Wildman–Crippen LogP) is 4.21. The normalized spacial score (nSPS) is 19.9. The second-order valence-corrected chi connectivity index (χ2v) is 9.36. The quantitative estimate of drug-likeness (QED) is 0.620. The van der Waals surface area contributed by atoms with Crippen molar-refractivity contribution < 1.29 is 14.3 Å². The molecule has 3 aliphatic rings. The average Bonchev–Trinajstić information content (AvgIpc) is 3.54. The Hall–Kier alpha value is -3.25. The first-order valence-electron chi connectivity index (χ1n) is 11.9. The van der Waals surface area contributed by atoms with Gasteiger partial charge in [0.15, 0.2) is 11.5 Å². The molecule has 6 heteroatoms. The monoisotopic (exact) mass is 443 g/mol. The van der Waals surface area contributed by atoms with Crippen molar-refractivity contribution in [2.45, 2.75) is 25.7 Å². The molecule has 1 saturated heterocycles. The van der Waals surface area contributed by atoms with E-state index in [-0.39, 0.29) is 12.7 Å². The van der Waals surface area contributed by atoms with Crippen molar-refractivity contribution in [3.05, 3.63) is 65.5 Å². The van der Waals surface area contributed by atoms with E-state index < -0.39 is 0 Å². The molecule has 0 radical (unpaired) electrons. The number of rotatable bonds is 6. The lowest BCUT2D eigenvalue weighted by Gasteiger charge is -2.22. The second-order valence-electron chi connectivity index (χ2n) is 9.36. The molecule has 3 aromatic rings. The minimum Gasteiger partial charge on any atom is -0.454 e. The predicted molar refractivity (Wildman–Crippen MR) is 128 cm³/mol. The van der Waals surface area contributed by atoms with Crippen molar-refractivity contribution in [1.29, 1.82) is 0 Å². The number of nitrogens with one attached hydrogen (secondary N) is 1. The van der Waals surface area contributed by atoms with E-state index in [0.29, 0.717) is 12.3 Å². The lowest BCUT2D eigenvalue weighted by atomic mass is 10.0. The minimum absolute atomic E-state index is 0.154. The molecular formula is C27H29N3O3. The van der Waals surface area contributed by atoms with Crippen LogP contribution in [0.2, 0.25) is 0 Å². The maximum absolute atomic E-state index is 12.9. The summed E-state index contributed by atoms with van der Waals surface area (Å²) in [5, 5.41) is 1.34. The number of hydrogen-bond acceptors (Lipinski definition) is 4. The number of carbonyl (C=O) groups is 1. The topological polar surface area (TPSA) is 57.8 Å². The van der Waals surface area contributed by atoms with Gasteiger partial charge in [-0.15, -0.1) is 0 Å². The van der Waals surface area contributed by atoms with Gasteiger partial charge >= 0.3 is 0 Å². The number of hydrogen-bond donors (Lipinski definition) is 1. The largest absolute Gasteiger partial charge is 0.454 e. The minimum atomic E-state index is 0.154. The van der Waals surface area contributed by atoms with Crippen molar-refractivity contribution >= 4 is 22.9 Å². The molecule has 170 valence electrons. The number of nitrogens with zero attached hydrogens (tertiary/aromatic N) is 2. The number of H-pyrrole nitrogens is 1. The van der Waals surface area contributed by atoms with E-state index in [1.165, 1.54) is 16.5 Å². The van der Waals surface area contributed by atoms with Gasteiger partial charge in [0.1, 0.15) is 0 Å². The smallest absolute Gasteiger partial charge is 0.231 e. The third kappa shape index (κ3) is 4.11. The summed E-state index contributed by atoms with van der Waals surface area (Å²) in [5.74, 6) is 2.17. The van der Waals surface area contributed by atoms with Gasteiger partial charge in [0, 0.05) is 36.4 Å². The number of para-hydroxylation sites is 1. The highest BCUT2D eigenvalue weighted by molar-refractivity contribution is 5.84. The Labute approximate surface area is 193 Å². The molecule has 0 saturated carbocycles. The summed E-state index contributed by atoms with van der Waals surface area (Å²) in [5.41, 5.74) is 4.67. The van der Waals surface area contributed by atoms with Crippen LogP contribution < -0.4 is 9.47 Å². The molecule has 0 spiro atoms. The molecule has 33 heavy (non-hydrogen) atoms. The summed E-state index contributed by atoms with van der Waals surface area (Å²) in [6, 6.07) is 12.4. The van der Waals surface area contributed by atoms with Gasteiger partial charge < -0.3 is 24.3 Å². The van der Waals surface area contributed by atoms with Gasteiger partial charge in [-0.1, -0.05) is 18.2 Å². The van der Waals surface area contributed by atoms with Gasteiger partial charge in [0.05, 0.1) is 6.42 Å². The molecule has 1 aromatic heterocycles. The van der Waals surface area contributed by atoms with Gasteiger partial charge in [-0.05, 0) is 79.2 Å².